The van der Waals surface area contributed by atoms with Gasteiger partial charge in [0, 0.05) is 5.54 Å². The first-order valence-electron chi connectivity index (χ1n) is 6.90. The summed E-state index contributed by atoms with van der Waals surface area (Å²) in [5.41, 5.74) is -1.41. The lowest BCUT2D eigenvalue weighted by molar-refractivity contribution is -0.147. The summed E-state index contributed by atoms with van der Waals surface area (Å²) < 4.78 is 26.8. The minimum Gasteiger partial charge on any atom is -0.480 e. The van der Waals surface area contributed by atoms with Crippen molar-refractivity contribution in [3.05, 3.63) is 35.9 Å². The molecule has 5 nitrogen and oxygen atoms in total. The fourth-order valence-electron chi connectivity index (χ4n) is 3.15. The molecule has 0 amide bonds. The average molecular weight is 311 g/mol. The predicted molar refractivity (Wildman–Crippen MR) is 80.3 cm³/mol. The number of aliphatic carboxylic acids is 1. The molecular formula is C15H21NO4S. The Morgan fingerprint density at radius 1 is 1.19 bits per heavy atom. The van der Waals surface area contributed by atoms with Gasteiger partial charge in [0.15, 0.2) is 0 Å². The van der Waals surface area contributed by atoms with Crippen LogP contribution in [0.5, 0.6) is 0 Å². The van der Waals surface area contributed by atoms with Crippen molar-refractivity contribution in [3.8, 4) is 0 Å². The van der Waals surface area contributed by atoms with Gasteiger partial charge in [-0.05, 0) is 39.2 Å². The van der Waals surface area contributed by atoms with Crippen LogP contribution in [0.25, 0.3) is 0 Å². The molecule has 1 heterocycles. The molecule has 21 heavy (non-hydrogen) atoms. The van der Waals surface area contributed by atoms with Gasteiger partial charge in [0.1, 0.15) is 5.54 Å². The summed E-state index contributed by atoms with van der Waals surface area (Å²) in [6.45, 7) is 5.06. The van der Waals surface area contributed by atoms with Gasteiger partial charge in [-0.15, -0.1) is 0 Å². The van der Waals surface area contributed by atoms with E-state index in [4.69, 9.17) is 0 Å². The summed E-state index contributed by atoms with van der Waals surface area (Å²) in [6.07, 6.45) is 0.854. The van der Waals surface area contributed by atoms with Gasteiger partial charge in [-0.1, -0.05) is 30.3 Å². The summed E-state index contributed by atoms with van der Waals surface area (Å²) in [4.78, 5) is 11.6. The molecule has 0 spiro atoms. The lowest BCUT2D eigenvalue weighted by Crippen LogP contribution is -2.57. The monoisotopic (exact) mass is 311 g/mol. The van der Waals surface area contributed by atoms with Crippen LogP contribution in [0.15, 0.2) is 30.3 Å². The van der Waals surface area contributed by atoms with Gasteiger partial charge in [0.05, 0.1) is 5.75 Å². The zero-order chi connectivity index (χ0) is 15.9. The van der Waals surface area contributed by atoms with Crippen LogP contribution in [0.3, 0.4) is 0 Å². The largest absolute Gasteiger partial charge is 0.480 e. The van der Waals surface area contributed by atoms with Crippen molar-refractivity contribution in [2.45, 2.75) is 50.4 Å². The van der Waals surface area contributed by atoms with Gasteiger partial charge in [-0.25, -0.2) is 8.42 Å². The Hall–Kier alpha value is -1.40. The third kappa shape index (κ3) is 2.82. The first kappa shape index (κ1) is 16.0. The Bertz CT molecular complexity index is 639. The van der Waals surface area contributed by atoms with Crippen LogP contribution < -0.4 is 0 Å². The smallest absolute Gasteiger partial charge is 0.324 e. The molecule has 1 aromatic carbocycles. The molecular weight excluding hydrogens is 290 g/mol. The molecule has 1 N–H and O–H groups in total. The molecule has 0 aliphatic carbocycles. The topological polar surface area (TPSA) is 74.7 Å². The number of hydrogen-bond acceptors (Lipinski definition) is 3. The minimum absolute atomic E-state index is 0.180. The highest BCUT2D eigenvalue weighted by Crippen LogP contribution is 2.43. The van der Waals surface area contributed by atoms with Crippen LogP contribution in [-0.2, 0) is 20.6 Å². The maximum absolute atomic E-state index is 12.8. The first-order chi connectivity index (χ1) is 9.59. The second kappa shape index (κ2) is 5.10. The van der Waals surface area contributed by atoms with E-state index < -0.39 is 27.1 Å². The van der Waals surface area contributed by atoms with Crippen molar-refractivity contribution in [3.63, 3.8) is 0 Å². The molecule has 1 aliphatic rings. The van der Waals surface area contributed by atoms with Gasteiger partial charge >= 0.3 is 5.97 Å². The zero-order valence-electron chi connectivity index (χ0n) is 12.5. The molecule has 2 rings (SSSR count). The van der Waals surface area contributed by atoms with E-state index in [1.54, 1.807) is 38.1 Å². The van der Waals surface area contributed by atoms with Crippen LogP contribution in [0.2, 0.25) is 0 Å². The normalized spacial score (nSPS) is 25.9. The number of carboxylic acid groups (broad SMARTS) is 1. The summed E-state index contributed by atoms with van der Waals surface area (Å²) in [5, 5.41) is 9.50. The SMILES string of the molecule is CC1(C)CC[C@](C)(C(=O)O)N1S(=O)(=O)Cc1ccccc1. The number of carbonyl (C=O) groups is 1. The van der Waals surface area contributed by atoms with Crippen molar-refractivity contribution >= 4 is 16.0 Å². The molecule has 116 valence electrons. The number of carboxylic acids is 1. The van der Waals surface area contributed by atoms with Crippen LogP contribution in [0, 0.1) is 0 Å². The standard InChI is InChI=1S/C15H21NO4S/c1-14(2)9-10-15(3,13(17)18)16(14)21(19,20)11-12-7-5-4-6-8-12/h4-8H,9-11H2,1-3H3,(H,17,18)/t15-/m1/s1. The molecule has 0 aromatic heterocycles. The van der Waals surface area contributed by atoms with Crippen LogP contribution in [0.1, 0.15) is 39.2 Å². The van der Waals surface area contributed by atoms with Crippen molar-refractivity contribution in [1.82, 2.24) is 4.31 Å². The van der Waals surface area contributed by atoms with E-state index in [-0.39, 0.29) is 5.75 Å². The molecule has 1 fully saturated rings. The third-order valence-corrected chi connectivity index (χ3v) is 6.30. The Kier molecular flexibility index (Phi) is 3.88. The predicted octanol–water partition coefficient (Wildman–Crippen LogP) is 2.23. The minimum atomic E-state index is -3.72. The average Bonchev–Trinajstić information content (AvgIpc) is 2.62. The lowest BCUT2D eigenvalue weighted by atomic mass is 9.99. The Morgan fingerprint density at radius 3 is 2.29 bits per heavy atom. The summed E-state index contributed by atoms with van der Waals surface area (Å²) in [6, 6.07) is 8.83. The molecule has 1 saturated heterocycles. The molecule has 0 bridgehead atoms. The van der Waals surface area contributed by atoms with Crippen molar-refractivity contribution in [2.75, 3.05) is 0 Å². The number of nitrogens with zero attached hydrogens (tertiary/aromatic N) is 1. The van der Waals surface area contributed by atoms with Crippen molar-refractivity contribution in [1.29, 1.82) is 0 Å². The number of rotatable bonds is 4. The van der Waals surface area contributed by atoms with E-state index in [9.17, 15) is 18.3 Å². The van der Waals surface area contributed by atoms with Crippen molar-refractivity contribution in [2.24, 2.45) is 0 Å². The van der Waals surface area contributed by atoms with Crippen LogP contribution >= 0.6 is 0 Å². The molecule has 0 radical (unpaired) electrons. The quantitative estimate of drug-likeness (QED) is 0.925. The summed E-state index contributed by atoms with van der Waals surface area (Å²) >= 11 is 0. The molecule has 1 atom stereocenters. The number of sulfonamides is 1. The number of benzene rings is 1. The van der Waals surface area contributed by atoms with Gasteiger partial charge < -0.3 is 5.11 Å². The third-order valence-electron chi connectivity index (χ3n) is 4.15. The Balaban J connectivity index is 2.43. The second-order valence-corrected chi connectivity index (χ2v) is 8.22. The van der Waals surface area contributed by atoms with Crippen molar-refractivity contribution < 1.29 is 18.3 Å². The maximum Gasteiger partial charge on any atom is 0.324 e. The molecule has 0 unspecified atom stereocenters. The van der Waals surface area contributed by atoms with E-state index in [0.717, 1.165) is 0 Å². The fourth-order valence-corrected chi connectivity index (χ4v) is 5.52. The highest BCUT2D eigenvalue weighted by molar-refractivity contribution is 7.88. The van der Waals surface area contributed by atoms with Crippen LogP contribution in [0.4, 0.5) is 0 Å². The van der Waals surface area contributed by atoms with E-state index in [1.807, 2.05) is 6.07 Å². The van der Waals surface area contributed by atoms with E-state index in [1.165, 1.54) is 11.2 Å². The number of hydrogen-bond donors (Lipinski definition) is 1. The van der Waals surface area contributed by atoms with E-state index >= 15 is 0 Å². The molecule has 0 saturated carbocycles. The lowest BCUT2D eigenvalue weighted by Gasteiger charge is -2.38. The van der Waals surface area contributed by atoms with Gasteiger partial charge in [0.25, 0.3) is 0 Å². The van der Waals surface area contributed by atoms with Gasteiger partial charge in [-0.3, -0.25) is 4.79 Å². The first-order valence-corrected chi connectivity index (χ1v) is 8.51. The second-order valence-electron chi connectivity index (χ2n) is 6.40. The highest BCUT2D eigenvalue weighted by atomic mass is 32.2. The Labute approximate surface area is 125 Å². The van der Waals surface area contributed by atoms with E-state index in [0.29, 0.717) is 18.4 Å². The maximum atomic E-state index is 12.8. The summed E-state index contributed by atoms with van der Waals surface area (Å²) in [7, 11) is -3.72. The molecule has 6 heteroatoms. The molecule has 1 aromatic rings. The van der Waals surface area contributed by atoms with Crippen LogP contribution in [-0.4, -0.2) is 34.9 Å². The fraction of sp³-hybridized carbons (Fsp3) is 0.533. The zero-order valence-corrected chi connectivity index (χ0v) is 13.4. The van der Waals surface area contributed by atoms with Gasteiger partial charge in [0.2, 0.25) is 10.0 Å². The highest BCUT2D eigenvalue weighted by Gasteiger charge is 2.57. The van der Waals surface area contributed by atoms with Gasteiger partial charge in [-0.2, -0.15) is 4.31 Å². The summed E-state index contributed by atoms with van der Waals surface area (Å²) in [5.74, 6) is -1.27. The Morgan fingerprint density at radius 2 is 1.76 bits per heavy atom. The van der Waals surface area contributed by atoms with E-state index in [2.05, 4.69) is 0 Å². The molecule has 1 aliphatic heterocycles.